The minimum absolute atomic E-state index is 0.481. The molecule has 2 rings (SSSR count). The lowest BCUT2D eigenvalue weighted by Gasteiger charge is -2.35. The van der Waals surface area contributed by atoms with Crippen molar-refractivity contribution in [1.29, 1.82) is 0 Å². The molecule has 1 heterocycles. The van der Waals surface area contributed by atoms with Gasteiger partial charge in [-0.3, -0.25) is 0 Å². The van der Waals surface area contributed by atoms with E-state index in [1.54, 1.807) is 6.33 Å². The molecule has 5 heteroatoms. The number of alkyl halides is 1. The molecule has 1 fully saturated rings. The maximum atomic E-state index is 4.27. The highest BCUT2D eigenvalue weighted by Crippen LogP contribution is 2.41. The molecule has 1 aromatic rings. The van der Waals surface area contributed by atoms with Crippen LogP contribution in [0.4, 0.5) is 0 Å². The number of thioether (sulfide) groups is 1. The summed E-state index contributed by atoms with van der Waals surface area (Å²) >= 11 is 5.54. The summed E-state index contributed by atoms with van der Waals surface area (Å²) in [6.45, 7) is 0. The molecule has 0 radical (unpaired) electrons. The Morgan fingerprint density at radius 3 is 2.75 bits per heavy atom. The van der Waals surface area contributed by atoms with Crippen molar-refractivity contribution in [3.63, 3.8) is 0 Å². The fourth-order valence-corrected chi connectivity index (χ4v) is 4.46. The average Bonchev–Trinajstić information content (AvgIpc) is 2.74. The van der Waals surface area contributed by atoms with E-state index in [1.165, 1.54) is 32.1 Å². The van der Waals surface area contributed by atoms with Gasteiger partial charge in [-0.05, 0) is 18.3 Å². The molecule has 1 saturated carbocycles. The molecule has 0 aromatic carbocycles. The van der Waals surface area contributed by atoms with Gasteiger partial charge < -0.3 is 0 Å². The maximum absolute atomic E-state index is 4.27. The zero-order valence-electron chi connectivity index (χ0n) is 9.65. The van der Waals surface area contributed by atoms with Gasteiger partial charge in [-0.2, -0.15) is 5.10 Å². The SMILES string of the molecule is Cn1ncnc1SCC1(CBr)CCCCC1. The summed E-state index contributed by atoms with van der Waals surface area (Å²) < 4.78 is 1.86. The topological polar surface area (TPSA) is 30.7 Å². The summed E-state index contributed by atoms with van der Waals surface area (Å²) in [4.78, 5) is 4.27. The largest absolute Gasteiger partial charge is 0.244 e. The van der Waals surface area contributed by atoms with Crippen LogP contribution in [-0.4, -0.2) is 25.8 Å². The lowest BCUT2D eigenvalue weighted by Crippen LogP contribution is -2.28. The zero-order chi connectivity index (χ0) is 11.4. The van der Waals surface area contributed by atoms with Crippen LogP contribution in [0.3, 0.4) is 0 Å². The first-order chi connectivity index (χ1) is 7.76. The van der Waals surface area contributed by atoms with Gasteiger partial charge >= 0.3 is 0 Å². The van der Waals surface area contributed by atoms with Crippen LogP contribution in [0.1, 0.15) is 32.1 Å². The number of hydrogen-bond acceptors (Lipinski definition) is 3. The zero-order valence-corrected chi connectivity index (χ0v) is 12.1. The van der Waals surface area contributed by atoms with Crippen molar-refractivity contribution in [1.82, 2.24) is 14.8 Å². The van der Waals surface area contributed by atoms with Crippen molar-refractivity contribution in [2.24, 2.45) is 12.5 Å². The van der Waals surface area contributed by atoms with Gasteiger partial charge in [0.1, 0.15) is 6.33 Å². The van der Waals surface area contributed by atoms with Crippen molar-refractivity contribution in [3.8, 4) is 0 Å². The number of halogens is 1. The third-order valence-corrected chi connectivity index (χ3v) is 5.95. The molecular formula is C11H18BrN3S. The van der Waals surface area contributed by atoms with Crippen LogP contribution in [0.25, 0.3) is 0 Å². The fourth-order valence-electron chi connectivity index (χ4n) is 2.25. The predicted octanol–water partition coefficient (Wildman–Crippen LogP) is 3.25. The van der Waals surface area contributed by atoms with E-state index >= 15 is 0 Å². The van der Waals surface area contributed by atoms with E-state index in [-0.39, 0.29) is 0 Å². The molecule has 1 aliphatic rings. The van der Waals surface area contributed by atoms with Crippen LogP contribution < -0.4 is 0 Å². The smallest absolute Gasteiger partial charge is 0.185 e. The molecule has 90 valence electrons. The number of nitrogens with zero attached hydrogens (tertiary/aromatic N) is 3. The number of rotatable bonds is 4. The number of aromatic nitrogens is 3. The molecule has 0 spiro atoms. The first-order valence-corrected chi connectivity index (χ1v) is 7.89. The summed E-state index contributed by atoms with van der Waals surface area (Å²) in [5.74, 6) is 1.16. The van der Waals surface area contributed by atoms with Crippen molar-refractivity contribution >= 4 is 27.7 Å². The molecule has 0 bridgehead atoms. The van der Waals surface area contributed by atoms with Gasteiger partial charge in [0, 0.05) is 18.1 Å². The van der Waals surface area contributed by atoms with E-state index in [1.807, 2.05) is 23.5 Å². The maximum Gasteiger partial charge on any atom is 0.185 e. The molecular weight excluding hydrogens is 286 g/mol. The Morgan fingerprint density at radius 2 is 2.19 bits per heavy atom. The Balaban J connectivity index is 1.94. The summed E-state index contributed by atoms with van der Waals surface area (Å²) in [6, 6.07) is 0. The molecule has 3 nitrogen and oxygen atoms in total. The standard InChI is InChI=1S/C11H18BrN3S/c1-15-10(13-9-14-15)16-8-11(7-12)5-3-2-4-6-11/h9H,2-8H2,1H3. The second kappa shape index (κ2) is 5.54. The molecule has 0 saturated heterocycles. The Bertz CT molecular complexity index is 334. The van der Waals surface area contributed by atoms with Gasteiger partial charge in [-0.1, -0.05) is 47.0 Å². The summed E-state index contributed by atoms with van der Waals surface area (Å²) in [5, 5.41) is 6.25. The third kappa shape index (κ3) is 2.80. The normalized spacial score (nSPS) is 19.9. The Labute approximate surface area is 110 Å². The Kier molecular flexibility index (Phi) is 4.30. The van der Waals surface area contributed by atoms with Crippen LogP contribution in [0.2, 0.25) is 0 Å². The van der Waals surface area contributed by atoms with Crippen molar-refractivity contribution in [3.05, 3.63) is 6.33 Å². The van der Waals surface area contributed by atoms with Crippen LogP contribution in [0, 0.1) is 5.41 Å². The van der Waals surface area contributed by atoms with Gasteiger partial charge in [-0.15, -0.1) is 0 Å². The van der Waals surface area contributed by atoms with E-state index in [2.05, 4.69) is 26.0 Å². The molecule has 0 unspecified atom stereocenters. The highest BCUT2D eigenvalue weighted by atomic mass is 79.9. The molecule has 0 atom stereocenters. The number of hydrogen-bond donors (Lipinski definition) is 0. The summed E-state index contributed by atoms with van der Waals surface area (Å²) in [5.41, 5.74) is 0.481. The lowest BCUT2D eigenvalue weighted by atomic mass is 9.77. The summed E-state index contributed by atoms with van der Waals surface area (Å²) in [7, 11) is 1.96. The highest BCUT2D eigenvalue weighted by Gasteiger charge is 2.31. The van der Waals surface area contributed by atoms with E-state index in [0.29, 0.717) is 5.41 Å². The van der Waals surface area contributed by atoms with Crippen LogP contribution in [-0.2, 0) is 7.05 Å². The quantitative estimate of drug-likeness (QED) is 0.632. The van der Waals surface area contributed by atoms with Gasteiger partial charge in [0.05, 0.1) is 0 Å². The molecule has 1 aromatic heterocycles. The average molecular weight is 304 g/mol. The first kappa shape index (κ1) is 12.4. The van der Waals surface area contributed by atoms with E-state index in [4.69, 9.17) is 0 Å². The molecule has 1 aliphatic carbocycles. The van der Waals surface area contributed by atoms with Gasteiger partial charge in [0.15, 0.2) is 5.16 Å². The van der Waals surface area contributed by atoms with Crippen LogP contribution in [0.15, 0.2) is 11.5 Å². The van der Waals surface area contributed by atoms with Crippen molar-refractivity contribution < 1.29 is 0 Å². The van der Waals surface area contributed by atoms with Gasteiger partial charge in [0.2, 0.25) is 0 Å². The second-order valence-electron chi connectivity index (χ2n) is 4.65. The number of aryl methyl sites for hydroxylation is 1. The van der Waals surface area contributed by atoms with Crippen molar-refractivity contribution in [2.75, 3.05) is 11.1 Å². The van der Waals surface area contributed by atoms with Crippen molar-refractivity contribution in [2.45, 2.75) is 37.3 Å². The molecule has 0 amide bonds. The Hall–Kier alpha value is -0.0300. The first-order valence-electron chi connectivity index (χ1n) is 5.79. The second-order valence-corrected chi connectivity index (χ2v) is 6.15. The fraction of sp³-hybridized carbons (Fsp3) is 0.818. The van der Waals surface area contributed by atoms with Crippen LogP contribution >= 0.6 is 27.7 Å². The van der Waals surface area contributed by atoms with E-state index in [0.717, 1.165) is 16.2 Å². The van der Waals surface area contributed by atoms with Gasteiger partial charge in [0.25, 0.3) is 0 Å². The molecule has 16 heavy (non-hydrogen) atoms. The monoisotopic (exact) mass is 303 g/mol. The molecule has 0 aliphatic heterocycles. The van der Waals surface area contributed by atoms with E-state index in [9.17, 15) is 0 Å². The minimum Gasteiger partial charge on any atom is -0.244 e. The molecule has 0 N–H and O–H groups in total. The lowest BCUT2D eigenvalue weighted by molar-refractivity contribution is 0.260. The Morgan fingerprint density at radius 1 is 1.44 bits per heavy atom. The summed E-state index contributed by atoms with van der Waals surface area (Å²) in [6.07, 6.45) is 8.50. The predicted molar refractivity (Wildman–Crippen MR) is 71.0 cm³/mol. The third-order valence-electron chi connectivity index (χ3n) is 3.37. The van der Waals surface area contributed by atoms with Gasteiger partial charge in [-0.25, -0.2) is 9.67 Å². The van der Waals surface area contributed by atoms with Crippen LogP contribution in [0.5, 0.6) is 0 Å². The minimum atomic E-state index is 0.481. The highest BCUT2D eigenvalue weighted by molar-refractivity contribution is 9.09. The van der Waals surface area contributed by atoms with E-state index < -0.39 is 0 Å².